The topological polar surface area (TPSA) is 119 Å². The van der Waals surface area contributed by atoms with E-state index in [4.69, 9.17) is 0 Å². The highest BCUT2D eigenvalue weighted by Crippen LogP contribution is 2.22. The predicted molar refractivity (Wildman–Crippen MR) is 95.2 cm³/mol. The SMILES string of the molecule is Cc1cccc(Cn2nc(C)c(NC(=O)c3cc([N+](=O)[O-])[nH]n3)c2C)c1. The van der Waals surface area contributed by atoms with Gasteiger partial charge in [-0.2, -0.15) is 5.10 Å². The standard InChI is InChI=1S/C17H18N6O3/c1-10-5-4-6-13(7-10)9-22-12(3)16(11(2)21-22)18-17(24)14-8-15(20-19-14)23(25)26/h4-8H,9H2,1-3H3,(H,18,24)(H,19,20). The van der Waals surface area contributed by atoms with Crippen molar-refractivity contribution in [1.29, 1.82) is 0 Å². The Bertz CT molecular complexity index is 988. The van der Waals surface area contributed by atoms with Gasteiger partial charge in [-0.05, 0) is 31.3 Å². The number of nitrogens with zero attached hydrogens (tertiary/aromatic N) is 4. The molecule has 0 atom stereocenters. The van der Waals surface area contributed by atoms with Crippen molar-refractivity contribution in [3.63, 3.8) is 0 Å². The monoisotopic (exact) mass is 354 g/mol. The number of hydrogen-bond donors (Lipinski definition) is 2. The van der Waals surface area contributed by atoms with Crippen LogP contribution in [0.5, 0.6) is 0 Å². The van der Waals surface area contributed by atoms with E-state index in [9.17, 15) is 14.9 Å². The molecule has 9 heteroatoms. The van der Waals surface area contributed by atoms with E-state index >= 15 is 0 Å². The number of rotatable bonds is 5. The molecule has 1 amide bonds. The molecule has 0 saturated carbocycles. The highest BCUT2D eigenvalue weighted by atomic mass is 16.6. The number of aryl methyl sites for hydroxylation is 2. The molecule has 0 spiro atoms. The van der Waals surface area contributed by atoms with Crippen molar-refractivity contribution in [2.75, 3.05) is 5.32 Å². The molecule has 9 nitrogen and oxygen atoms in total. The van der Waals surface area contributed by atoms with Crippen LogP contribution in [0.1, 0.15) is 33.0 Å². The summed E-state index contributed by atoms with van der Waals surface area (Å²) in [5, 5.41) is 23.8. The van der Waals surface area contributed by atoms with E-state index in [-0.39, 0.29) is 11.5 Å². The van der Waals surface area contributed by atoms with Crippen LogP contribution in [0.15, 0.2) is 30.3 Å². The van der Waals surface area contributed by atoms with Crippen molar-refractivity contribution in [1.82, 2.24) is 20.0 Å². The number of carbonyl (C=O) groups is 1. The van der Waals surface area contributed by atoms with Crippen LogP contribution in [0.3, 0.4) is 0 Å². The Morgan fingerprint density at radius 1 is 1.31 bits per heavy atom. The van der Waals surface area contributed by atoms with E-state index in [2.05, 4.69) is 26.7 Å². The van der Waals surface area contributed by atoms with Crippen molar-refractivity contribution in [3.8, 4) is 0 Å². The molecule has 3 rings (SSSR count). The number of hydrogen-bond acceptors (Lipinski definition) is 5. The number of aromatic nitrogens is 4. The molecule has 0 aliphatic heterocycles. The highest BCUT2D eigenvalue weighted by Gasteiger charge is 2.20. The van der Waals surface area contributed by atoms with Gasteiger partial charge in [-0.1, -0.05) is 34.9 Å². The minimum absolute atomic E-state index is 0.0538. The summed E-state index contributed by atoms with van der Waals surface area (Å²) in [6.45, 7) is 6.26. The molecule has 0 fully saturated rings. The number of nitrogens with one attached hydrogen (secondary N) is 2. The zero-order valence-electron chi connectivity index (χ0n) is 14.6. The molecule has 0 aliphatic rings. The first-order valence-corrected chi connectivity index (χ1v) is 7.96. The summed E-state index contributed by atoms with van der Waals surface area (Å²) in [7, 11) is 0. The van der Waals surface area contributed by atoms with Gasteiger partial charge >= 0.3 is 5.82 Å². The van der Waals surface area contributed by atoms with Crippen molar-refractivity contribution in [2.45, 2.75) is 27.3 Å². The molecule has 134 valence electrons. The van der Waals surface area contributed by atoms with Gasteiger partial charge in [0.25, 0.3) is 5.91 Å². The van der Waals surface area contributed by atoms with Gasteiger partial charge in [-0.25, -0.2) is 0 Å². The average molecular weight is 354 g/mol. The molecule has 0 radical (unpaired) electrons. The largest absolute Gasteiger partial charge is 0.358 e. The van der Waals surface area contributed by atoms with Crippen LogP contribution in [0.25, 0.3) is 0 Å². The first-order chi connectivity index (χ1) is 12.3. The fourth-order valence-electron chi connectivity index (χ4n) is 2.71. The Morgan fingerprint density at radius 2 is 2.08 bits per heavy atom. The van der Waals surface area contributed by atoms with Crippen molar-refractivity contribution < 1.29 is 9.72 Å². The Labute approximate surface area is 149 Å². The number of carbonyl (C=O) groups excluding carboxylic acids is 1. The third kappa shape index (κ3) is 3.46. The average Bonchev–Trinajstić information content (AvgIpc) is 3.17. The zero-order chi connectivity index (χ0) is 18.8. The normalized spacial score (nSPS) is 10.7. The lowest BCUT2D eigenvalue weighted by Gasteiger charge is -2.07. The third-order valence-electron chi connectivity index (χ3n) is 4.03. The molecule has 3 aromatic rings. The number of anilines is 1. The Kier molecular flexibility index (Phi) is 4.53. The Balaban J connectivity index is 1.81. The maximum Gasteiger partial charge on any atom is 0.343 e. The van der Waals surface area contributed by atoms with E-state index in [1.807, 2.05) is 36.7 Å². The summed E-state index contributed by atoms with van der Waals surface area (Å²) in [5.41, 5.74) is 4.25. The van der Waals surface area contributed by atoms with Crippen molar-refractivity contribution in [3.05, 3.63) is 68.7 Å². The second-order valence-electron chi connectivity index (χ2n) is 6.04. The number of H-pyrrole nitrogens is 1. The molecule has 0 aliphatic carbocycles. The quantitative estimate of drug-likeness (QED) is 0.539. The highest BCUT2D eigenvalue weighted by molar-refractivity contribution is 6.03. The predicted octanol–water partition coefficient (Wildman–Crippen LogP) is 2.74. The first-order valence-electron chi connectivity index (χ1n) is 7.96. The number of aromatic amines is 1. The summed E-state index contributed by atoms with van der Waals surface area (Å²) >= 11 is 0. The molecular weight excluding hydrogens is 336 g/mol. The van der Waals surface area contributed by atoms with Crippen LogP contribution in [-0.4, -0.2) is 30.8 Å². The third-order valence-corrected chi connectivity index (χ3v) is 4.03. The van der Waals surface area contributed by atoms with Gasteiger partial charge in [0.05, 0.1) is 29.7 Å². The lowest BCUT2D eigenvalue weighted by molar-refractivity contribution is -0.389. The Hall–Kier alpha value is -3.49. The van der Waals surface area contributed by atoms with Crippen LogP contribution in [-0.2, 0) is 6.54 Å². The molecule has 26 heavy (non-hydrogen) atoms. The second kappa shape index (κ2) is 6.79. The van der Waals surface area contributed by atoms with Crippen LogP contribution >= 0.6 is 0 Å². The molecule has 2 N–H and O–H groups in total. The smallest absolute Gasteiger partial charge is 0.343 e. The molecule has 0 unspecified atom stereocenters. The van der Waals surface area contributed by atoms with Gasteiger partial charge in [0.15, 0.2) is 5.69 Å². The van der Waals surface area contributed by atoms with Crippen LogP contribution in [0.4, 0.5) is 11.5 Å². The zero-order valence-corrected chi connectivity index (χ0v) is 14.6. The second-order valence-corrected chi connectivity index (χ2v) is 6.04. The van der Waals surface area contributed by atoms with Crippen LogP contribution in [0, 0.1) is 30.9 Å². The maximum absolute atomic E-state index is 12.3. The summed E-state index contributed by atoms with van der Waals surface area (Å²) in [6, 6.07) is 9.21. The van der Waals surface area contributed by atoms with E-state index in [1.54, 1.807) is 6.92 Å². The minimum Gasteiger partial charge on any atom is -0.358 e. The van der Waals surface area contributed by atoms with Crippen molar-refractivity contribution >= 4 is 17.4 Å². The number of nitro groups is 1. The van der Waals surface area contributed by atoms with E-state index in [0.717, 1.165) is 22.9 Å². The van der Waals surface area contributed by atoms with E-state index in [1.165, 1.54) is 0 Å². The minimum atomic E-state index is -0.639. The van der Waals surface area contributed by atoms with Gasteiger partial charge < -0.3 is 15.4 Å². The van der Waals surface area contributed by atoms with Crippen LogP contribution in [0.2, 0.25) is 0 Å². The fraction of sp³-hybridized carbons (Fsp3) is 0.235. The lowest BCUT2D eigenvalue weighted by atomic mass is 10.1. The number of benzene rings is 1. The molecule has 0 saturated heterocycles. The van der Waals surface area contributed by atoms with Gasteiger partial charge in [-0.3, -0.25) is 9.48 Å². The molecular formula is C17H18N6O3. The van der Waals surface area contributed by atoms with Gasteiger partial charge in [0.1, 0.15) is 0 Å². The maximum atomic E-state index is 12.3. The van der Waals surface area contributed by atoms with E-state index in [0.29, 0.717) is 17.9 Å². The van der Waals surface area contributed by atoms with Gasteiger partial charge in [0.2, 0.25) is 0 Å². The number of amides is 1. The molecule has 2 aromatic heterocycles. The van der Waals surface area contributed by atoms with Gasteiger partial charge in [0, 0.05) is 0 Å². The molecule has 1 aromatic carbocycles. The Morgan fingerprint density at radius 3 is 2.73 bits per heavy atom. The summed E-state index contributed by atoms with van der Waals surface area (Å²) in [5.74, 6) is -0.866. The summed E-state index contributed by atoms with van der Waals surface area (Å²) in [6.07, 6.45) is 0. The summed E-state index contributed by atoms with van der Waals surface area (Å²) in [4.78, 5) is 22.4. The first kappa shape index (κ1) is 17.3. The fourth-order valence-corrected chi connectivity index (χ4v) is 2.71. The van der Waals surface area contributed by atoms with Crippen molar-refractivity contribution in [2.24, 2.45) is 0 Å². The van der Waals surface area contributed by atoms with E-state index < -0.39 is 10.8 Å². The van der Waals surface area contributed by atoms with Crippen LogP contribution < -0.4 is 5.32 Å². The lowest BCUT2D eigenvalue weighted by Crippen LogP contribution is -2.14. The summed E-state index contributed by atoms with van der Waals surface area (Å²) < 4.78 is 1.81. The molecule has 0 bridgehead atoms. The van der Waals surface area contributed by atoms with Gasteiger partial charge in [-0.15, -0.1) is 5.10 Å². The molecule has 2 heterocycles.